The van der Waals surface area contributed by atoms with Crippen molar-refractivity contribution in [2.45, 2.75) is 62.9 Å². The number of nitrogens with zero attached hydrogens (tertiary/aromatic N) is 5. The summed E-state index contributed by atoms with van der Waals surface area (Å²) in [5, 5.41) is 15.1. The first kappa shape index (κ1) is 25.7. The Labute approximate surface area is 249 Å². The summed E-state index contributed by atoms with van der Waals surface area (Å²) in [6.07, 6.45) is 9.62. The van der Waals surface area contributed by atoms with Crippen LogP contribution in [-0.2, 0) is 0 Å². The summed E-state index contributed by atoms with van der Waals surface area (Å²) in [4.78, 5) is 19.1. The second kappa shape index (κ2) is 9.37. The molecule has 3 aromatic rings. The van der Waals surface area contributed by atoms with Gasteiger partial charge in [0.2, 0.25) is 0 Å². The Hall–Kier alpha value is -2.75. The lowest BCUT2D eigenvalue weighted by Crippen LogP contribution is -2.51. The van der Waals surface area contributed by atoms with Crippen molar-refractivity contribution in [3.8, 4) is 23.0 Å². The highest BCUT2D eigenvalue weighted by atomic mass is 35.5. The summed E-state index contributed by atoms with van der Waals surface area (Å²) in [6, 6.07) is 4.12. The van der Waals surface area contributed by atoms with Crippen LogP contribution in [0, 0.1) is 23.1 Å². The summed E-state index contributed by atoms with van der Waals surface area (Å²) < 4.78 is 23.0. The number of likely N-dealkylation sites (tertiary alicyclic amines) is 1. The van der Waals surface area contributed by atoms with E-state index >= 15 is 4.39 Å². The molecule has 42 heavy (non-hydrogen) atoms. The summed E-state index contributed by atoms with van der Waals surface area (Å²) in [7, 11) is 0. The van der Waals surface area contributed by atoms with Gasteiger partial charge >= 0.3 is 6.01 Å². The molecule has 10 heteroatoms. The SMILES string of the molecule is Oc1cc(Cl)c(C2CC2)c(-c2ncc3c(N4C[C@H]5CC[C@@H](C4)N5)nc(OCC4(CN5CC6CC6C5)CC4)nc3c2F)c1. The third-order valence-electron chi connectivity index (χ3n) is 10.6. The summed E-state index contributed by atoms with van der Waals surface area (Å²) in [5.74, 6) is 2.23. The zero-order chi connectivity index (χ0) is 28.2. The third-order valence-corrected chi connectivity index (χ3v) is 10.9. The van der Waals surface area contributed by atoms with Crippen LogP contribution in [0.1, 0.15) is 56.4 Å². The van der Waals surface area contributed by atoms with Gasteiger partial charge in [-0.2, -0.15) is 9.97 Å². The lowest BCUT2D eigenvalue weighted by atomic mass is 9.98. The highest BCUT2D eigenvalue weighted by Crippen LogP contribution is 2.51. The molecule has 0 radical (unpaired) electrons. The molecule has 2 aromatic heterocycles. The number of phenolic OH excluding ortho intramolecular Hbond substituents is 1. The predicted molar refractivity (Wildman–Crippen MR) is 159 cm³/mol. The van der Waals surface area contributed by atoms with Crippen LogP contribution in [0.4, 0.5) is 10.2 Å². The highest BCUT2D eigenvalue weighted by molar-refractivity contribution is 6.32. The van der Waals surface area contributed by atoms with Crippen LogP contribution in [-0.4, -0.2) is 76.4 Å². The molecular weight excluding hydrogens is 555 g/mol. The van der Waals surface area contributed by atoms with Crippen molar-refractivity contribution in [3.63, 3.8) is 0 Å². The minimum Gasteiger partial charge on any atom is -0.508 e. The topological polar surface area (TPSA) is 86.6 Å². The number of hydrogen-bond acceptors (Lipinski definition) is 8. The Morgan fingerprint density at radius 3 is 2.52 bits per heavy atom. The number of nitrogens with one attached hydrogen (secondary N) is 1. The normalized spacial score (nSPS) is 29.2. The quantitative estimate of drug-likeness (QED) is 0.374. The molecule has 6 fully saturated rings. The Morgan fingerprint density at radius 2 is 1.81 bits per heavy atom. The van der Waals surface area contributed by atoms with Gasteiger partial charge in [0.15, 0.2) is 5.82 Å². The van der Waals surface area contributed by atoms with E-state index in [0.29, 0.717) is 40.5 Å². The number of aromatic hydroxyl groups is 1. The molecule has 6 aliphatic rings. The van der Waals surface area contributed by atoms with Gasteiger partial charge in [-0.15, -0.1) is 0 Å². The van der Waals surface area contributed by atoms with Gasteiger partial charge in [-0.05, 0) is 80.4 Å². The number of pyridine rings is 1. The zero-order valence-corrected chi connectivity index (χ0v) is 24.4. The monoisotopic (exact) mass is 590 g/mol. The third kappa shape index (κ3) is 4.50. The Kier molecular flexibility index (Phi) is 5.74. The number of piperazine rings is 1. The van der Waals surface area contributed by atoms with Gasteiger partial charge in [0.1, 0.15) is 22.8 Å². The number of phenols is 1. The number of ether oxygens (including phenoxy) is 1. The molecule has 0 amide bonds. The van der Waals surface area contributed by atoms with Crippen molar-refractivity contribution in [2.75, 3.05) is 44.2 Å². The van der Waals surface area contributed by atoms with E-state index in [1.165, 1.54) is 25.6 Å². The molecular formula is C32H36ClFN6O2. The molecule has 8 nitrogen and oxygen atoms in total. The van der Waals surface area contributed by atoms with Gasteiger partial charge < -0.3 is 25.0 Å². The Balaban J connectivity index is 1.09. The van der Waals surface area contributed by atoms with Gasteiger partial charge in [-0.25, -0.2) is 4.39 Å². The summed E-state index contributed by atoms with van der Waals surface area (Å²) >= 11 is 6.56. The van der Waals surface area contributed by atoms with Crippen molar-refractivity contribution in [2.24, 2.45) is 17.3 Å². The van der Waals surface area contributed by atoms with Crippen LogP contribution in [0.2, 0.25) is 5.02 Å². The number of rotatable bonds is 8. The summed E-state index contributed by atoms with van der Waals surface area (Å²) in [5.41, 5.74) is 1.88. The summed E-state index contributed by atoms with van der Waals surface area (Å²) in [6.45, 7) is 5.66. The van der Waals surface area contributed by atoms with Gasteiger partial charge in [0.05, 0.1) is 12.0 Å². The van der Waals surface area contributed by atoms with Gasteiger partial charge in [0, 0.05) is 67.0 Å². The number of benzene rings is 1. The molecule has 3 aliphatic heterocycles. The molecule has 0 spiro atoms. The number of anilines is 1. The van der Waals surface area contributed by atoms with E-state index < -0.39 is 5.82 Å². The fraction of sp³-hybridized carbons (Fsp3) is 0.594. The maximum atomic E-state index is 16.6. The fourth-order valence-electron chi connectivity index (χ4n) is 7.91. The second-order valence-corrected chi connectivity index (χ2v) is 14.4. The molecule has 2 unspecified atom stereocenters. The average Bonchev–Trinajstić information content (AvgIpc) is 3.92. The Bertz CT molecular complexity index is 1570. The van der Waals surface area contributed by atoms with Crippen molar-refractivity contribution < 1.29 is 14.2 Å². The van der Waals surface area contributed by atoms with Gasteiger partial charge in [-0.1, -0.05) is 11.6 Å². The first-order chi connectivity index (χ1) is 20.4. The fourth-order valence-corrected chi connectivity index (χ4v) is 8.28. The van der Waals surface area contributed by atoms with Gasteiger partial charge in [-0.3, -0.25) is 4.98 Å². The number of piperidine rings is 1. The lowest BCUT2D eigenvalue weighted by molar-refractivity contribution is 0.163. The molecule has 5 heterocycles. The minimum atomic E-state index is -0.528. The standard InChI is InChI=1S/C32H36ClFN6O2/c33-25-9-22(41)8-23(26(25)17-1-2-17)28-27(34)29-24(10-35-28)30(40-13-20-3-4-21(14-40)36-20)38-31(37-29)42-16-32(5-6-32)15-39-11-18-7-19(18)12-39/h8-10,17-21,36,41H,1-7,11-16H2/t18?,19?,20-,21+. The predicted octanol–water partition coefficient (Wildman–Crippen LogP) is 5.12. The smallest absolute Gasteiger partial charge is 0.319 e. The largest absolute Gasteiger partial charge is 0.508 e. The highest BCUT2D eigenvalue weighted by Gasteiger charge is 2.51. The molecule has 220 valence electrons. The van der Waals surface area contributed by atoms with Crippen LogP contribution in [0.25, 0.3) is 22.2 Å². The molecule has 2 bridgehead atoms. The molecule has 2 N–H and O–H groups in total. The van der Waals surface area contributed by atoms with Crippen LogP contribution >= 0.6 is 11.6 Å². The Morgan fingerprint density at radius 1 is 1.05 bits per heavy atom. The van der Waals surface area contributed by atoms with Crippen LogP contribution in [0.15, 0.2) is 18.3 Å². The zero-order valence-electron chi connectivity index (χ0n) is 23.7. The number of aromatic nitrogens is 3. The van der Waals surface area contributed by atoms with E-state index in [-0.39, 0.29) is 34.3 Å². The molecule has 3 aliphatic carbocycles. The maximum Gasteiger partial charge on any atom is 0.319 e. The number of halogens is 2. The van der Waals surface area contributed by atoms with Crippen LogP contribution in [0.5, 0.6) is 11.8 Å². The van der Waals surface area contributed by atoms with E-state index in [4.69, 9.17) is 21.3 Å². The van der Waals surface area contributed by atoms with Crippen LogP contribution < -0.4 is 15.0 Å². The molecule has 1 aromatic carbocycles. The first-order valence-corrected chi connectivity index (χ1v) is 16.0. The number of fused-ring (bicyclic) bond motifs is 4. The lowest BCUT2D eigenvalue weighted by Gasteiger charge is -2.34. The van der Waals surface area contributed by atoms with Crippen LogP contribution in [0.3, 0.4) is 0 Å². The van der Waals surface area contributed by atoms with E-state index in [0.717, 1.165) is 75.6 Å². The van der Waals surface area contributed by atoms with Crippen molar-refractivity contribution in [1.29, 1.82) is 0 Å². The molecule has 9 rings (SSSR count). The van der Waals surface area contributed by atoms with Crippen molar-refractivity contribution in [1.82, 2.24) is 25.2 Å². The van der Waals surface area contributed by atoms with E-state index in [2.05, 4.69) is 25.1 Å². The molecule has 3 saturated heterocycles. The van der Waals surface area contributed by atoms with E-state index in [9.17, 15) is 5.11 Å². The van der Waals surface area contributed by atoms with Crippen molar-refractivity contribution >= 4 is 28.3 Å². The molecule has 3 saturated carbocycles. The first-order valence-electron chi connectivity index (χ1n) is 15.7. The van der Waals surface area contributed by atoms with E-state index in [1.54, 1.807) is 12.3 Å². The minimum absolute atomic E-state index is 0.00516. The van der Waals surface area contributed by atoms with E-state index in [1.807, 2.05) is 0 Å². The maximum absolute atomic E-state index is 16.6. The van der Waals surface area contributed by atoms with Gasteiger partial charge in [0.25, 0.3) is 0 Å². The number of hydrogen-bond donors (Lipinski definition) is 2. The average molecular weight is 591 g/mol. The second-order valence-electron chi connectivity index (χ2n) is 14.0. The molecule has 4 atom stereocenters. The van der Waals surface area contributed by atoms with Crippen molar-refractivity contribution in [3.05, 3.63) is 34.7 Å².